The number of methoxy groups -OCH3 is 1. The maximum absolute atomic E-state index is 11.7. The quantitative estimate of drug-likeness (QED) is 0.851. The first-order chi connectivity index (χ1) is 9.91. The predicted octanol–water partition coefficient (Wildman–Crippen LogP) is 2.08. The SMILES string of the molecule is COC(=O)c1coc(CNc2ccccc2S(C)(=O)=O)c1. The summed E-state index contributed by atoms with van der Waals surface area (Å²) in [4.78, 5) is 11.5. The molecule has 0 bridgehead atoms. The van der Waals surface area contributed by atoms with Gasteiger partial charge in [-0.1, -0.05) is 12.1 Å². The van der Waals surface area contributed by atoms with Gasteiger partial charge in [0.15, 0.2) is 9.84 Å². The van der Waals surface area contributed by atoms with Crippen molar-refractivity contribution in [3.63, 3.8) is 0 Å². The van der Waals surface area contributed by atoms with Gasteiger partial charge in [0, 0.05) is 6.26 Å². The Morgan fingerprint density at radius 3 is 2.71 bits per heavy atom. The van der Waals surface area contributed by atoms with Crippen LogP contribution >= 0.6 is 0 Å². The maximum atomic E-state index is 11.7. The van der Waals surface area contributed by atoms with Crippen molar-refractivity contribution < 1.29 is 22.4 Å². The van der Waals surface area contributed by atoms with Crippen LogP contribution < -0.4 is 5.32 Å². The van der Waals surface area contributed by atoms with Gasteiger partial charge in [0.2, 0.25) is 0 Å². The highest BCUT2D eigenvalue weighted by atomic mass is 32.2. The van der Waals surface area contributed by atoms with Crippen LogP contribution in [0.25, 0.3) is 0 Å². The van der Waals surface area contributed by atoms with Gasteiger partial charge in [-0.3, -0.25) is 0 Å². The molecule has 0 aliphatic rings. The zero-order chi connectivity index (χ0) is 15.5. The fourth-order valence-electron chi connectivity index (χ4n) is 1.82. The number of nitrogens with one attached hydrogen (secondary N) is 1. The summed E-state index contributed by atoms with van der Waals surface area (Å²) in [5.74, 6) is 0.0141. The van der Waals surface area contributed by atoms with Crippen molar-refractivity contribution in [2.75, 3.05) is 18.7 Å². The van der Waals surface area contributed by atoms with Crippen molar-refractivity contribution in [1.29, 1.82) is 0 Å². The molecule has 2 aromatic rings. The summed E-state index contributed by atoms with van der Waals surface area (Å²) in [6, 6.07) is 8.13. The first-order valence-electron chi connectivity index (χ1n) is 6.10. The van der Waals surface area contributed by atoms with Gasteiger partial charge in [0.05, 0.1) is 29.8 Å². The summed E-state index contributed by atoms with van der Waals surface area (Å²) in [7, 11) is -2.03. The summed E-state index contributed by atoms with van der Waals surface area (Å²) in [5, 5.41) is 2.98. The molecule has 1 heterocycles. The highest BCUT2D eigenvalue weighted by Crippen LogP contribution is 2.21. The number of hydrogen-bond acceptors (Lipinski definition) is 6. The van der Waals surface area contributed by atoms with Crippen LogP contribution in [0, 0.1) is 0 Å². The van der Waals surface area contributed by atoms with Crippen LogP contribution in [0.4, 0.5) is 5.69 Å². The summed E-state index contributed by atoms with van der Waals surface area (Å²) in [5.41, 5.74) is 0.793. The second-order valence-corrected chi connectivity index (χ2v) is 6.40. The van der Waals surface area contributed by atoms with Gasteiger partial charge in [0.25, 0.3) is 0 Å². The van der Waals surface area contributed by atoms with E-state index in [1.807, 2.05) is 0 Å². The predicted molar refractivity (Wildman–Crippen MR) is 76.9 cm³/mol. The molecule has 0 fully saturated rings. The number of para-hydroxylation sites is 1. The smallest absolute Gasteiger partial charge is 0.341 e. The van der Waals surface area contributed by atoms with Crippen LogP contribution in [0.1, 0.15) is 16.1 Å². The van der Waals surface area contributed by atoms with Crippen molar-refractivity contribution in [1.82, 2.24) is 0 Å². The van der Waals surface area contributed by atoms with Crippen LogP contribution in [0.3, 0.4) is 0 Å². The van der Waals surface area contributed by atoms with E-state index in [1.165, 1.54) is 19.4 Å². The Bertz CT molecular complexity index is 748. The number of ether oxygens (including phenoxy) is 1. The summed E-state index contributed by atoms with van der Waals surface area (Å²) in [6.07, 6.45) is 2.45. The van der Waals surface area contributed by atoms with Crippen LogP contribution in [0.5, 0.6) is 0 Å². The van der Waals surface area contributed by atoms with Gasteiger partial charge in [-0.2, -0.15) is 0 Å². The normalized spacial score (nSPS) is 11.1. The number of rotatable bonds is 5. The molecule has 7 heteroatoms. The minimum Gasteiger partial charge on any atom is -0.467 e. The number of carbonyl (C=O) groups excluding carboxylic acids is 1. The molecular formula is C14H15NO5S. The van der Waals surface area contributed by atoms with Gasteiger partial charge in [-0.05, 0) is 18.2 Å². The topological polar surface area (TPSA) is 85.6 Å². The minimum absolute atomic E-state index is 0.213. The van der Waals surface area contributed by atoms with Gasteiger partial charge < -0.3 is 14.5 Å². The lowest BCUT2D eigenvalue weighted by Gasteiger charge is -2.09. The zero-order valence-corrected chi connectivity index (χ0v) is 12.4. The number of anilines is 1. The summed E-state index contributed by atoms with van der Waals surface area (Å²) >= 11 is 0. The Morgan fingerprint density at radius 2 is 2.05 bits per heavy atom. The third kappa shape index (κ3) is 3.63. The van der Waals surface area contributed by atoms with E-state index in [4.69, 9.17) is 4.42 Å². The second kappa shape index (κ2) is 6.01. The fraction of sp³-hybridized carbons (Fsp3) is 0.214. The number of esters is 1. The Labute approximate surface area is 122 Å². The van der Waals surface area contributed by atoms with Crippen LogP contribution in [-0.4, -0.2) is 27.8 Å². The number of furan rings is 1. The van der Waals surface area contributed by atoms with E-state index in [1.54, 1.807) is 24.3 Å². The standard InChI is InChI=1S/C14H15NO5S/c1-19-14(16)10-7-11(20-9-10)8-15-12-5-3-4-6-13(12)21(2,17)18/h3-7,9,15H,8H2,1-2H3. The molecule has 1 N–H and O–H groups in total. The fourth-order valence-corrected chi connectivity index (χ4v) is 2.68. The third-order valence-corrected chi connectivity index (χ3v) is 3.97. The van der Waals surface area contributed by atoms with E-state index >= 15 is 0 Å². The van der Waals surface area contributed by atoms with Crippen LogP contribution in [-0.2, 0) is 21.1 Å². The third-order valence-electron chi connectivity index (χ3n) is 2.81. The first-order valence-corrected chi connectivity index (χ1v) is 7.99. The average Bonchev–Trinajstić information content (AvgIpc) is 2.92. The molecule has 0 atom stereocenters. The van der Waals surface area contributed by atoms with Crippen molar-refractivity contribution in [3.8, 4) is 0 Å². The maximum Gasteiger partial charge on any atom is 0.341 e. The van der Waals surface area contributed by atoms with E-state index in [2.05, 4.69) is 10.1 Å². The first kappa shape index (κ1) is 15.1. The van der Waals surface area contributed by atoms with Gasteiger partial charge >= 0.3 is 5.97 Å². The molecule has 0 spiro atoms. The molecule has 2 rings (SSSR count). The molecule has 1 aromatic carbocycles. The molecule has 0 amide bonds. The van der Waals surface area contributed by atoms with Crippen molar-refractivity contribution in [3.05, 3.63) is 47.9 Å². The molecule has 0 radical (unpaired) electrons. The highest BCUT2D eigenvalue weighted by Gasteiger charge is 2.14. The Hall–Kier alpha value is -2.28. The van der Waals surface area contributed by atoms with Crippen molar-refractivity contribution in [2.45, 2.75) is 11.4 Å². The van der Waals surface area contributed by atoms with Gasteiger partial charge in [-0.25, -0.2) is 13.2 Å². The summed E-state index contributed by atoms with van der Waals surface area (Å²) in [6.45, 7) is 0.253. The molecule has 0 aliphatic carbocycles. The molecule has 0 saturated carbocycles. The molecule has 0 aliphatic heterocycles. The molecule has 6 nitrogen and oxygen atoms in total. The zero-order valence-electron chi connectivity index (χ0n) is 11.6. The Kier molecular flexibility index (Phi) is 4.32. The summed E-state index contributed by atoms with van der Waals surface area (Å²) < 4.78 is 33.1. The van der Waals surface area contributed by atoms with E-state index in [9.17, 15) is 13.2 Å². The number of benzene rings is 1. The van der Waals surface area contributed by atoms with E-state index in [0.717, 1.165) is 6.26 Å². The molecule has 21 heavy (non-hydrogen) atoms. The second-order valence-electron chi connectivity index (χ2n) is 4.42. The van der Waals surface area contributed by atoms with E-state index in [-0.39, 0.29) is 11.4 Å². The lowest BCUT2D eigenvalue weighted by Crippen LogP contribution is -2.05. The number of carbonyl (C=O) groups is 1. The average molecular weight is 309 g/mol. The van der Waals surface area contributed by atoms with Crippen LogP contribution in [0.15, 0.2) is 45.9 Å². The van der Waals surface area contributed by atoms with Gasteiger partial charge in [0.1, 0.15) is 12.0 Å². The highest BCUT2D eigenvalue weighted by molar-refractivity contribution is 7.90. The lowest BCUT2D eigenvalue weighted by atomic mass is 10.3. The minimum atomic E-state index is -3.32. The molecule has 0 unspecified atom stereocenters. The van der Waals surface area contributed by atoms with Crippen molar-refractivity contribution in [2.24, 2.45) is 0 Å². The Balaban J connectivity index is 2.14. The number of hydrogen-bond donors (Lipinski definition) is 1. The lowest BCUT2D eigenvalue weighted by molar-refractivity contribution is 0.0600. The molecule has 0 saturated heterocycles. The van der Waals surface area contributed by atoms with Crippen molar-refractivity contribution >= 4 is 21.5 Å². The molecular weight excluding hydrogens is 294 g/mol. The Morgan fingerprint density at radius 1 is 1.33 bits per heavy atom. The van der Waals surface area contributed by atoms with Crippen LogP contribution in [0.2, 0.25) is 0 Å². The van der Waals surface area contributed by atoms with Gasteiger partial charge in [-0.15, -0.1) is 0 Å². The largest absolute Gasteiger partial charge is 0.467 e. The monoisotopic (exact) mass is 309 g/mol. The van der Waals surface area contributed by atoms with E-state index < -0.39 is 15.8 Å². The molecule has 112 valence electrons. The van der Waals surface area contributed by atoms with E-state index in [0.29, 0.717) is 17.0 Å². The number of sulfone groups is 1. The molecule has 1 aromatic heterocycles.